The van der Waals surface area contributed by atoms with Gasteiger partial charge in [-0.15, -0.1) is 0 Å². The highest BCUT2D eigenvalue weighted by molar-refractivity contribution is 5.76. The van der Waals surface area contributed by atoms with Crippen molar-refractivity contribution in [2.75, 3.05) is 14.1 Å². The summed E-state index contributed by atoms with van der Waals surface area (Å²) < 4.78 is 0. The van der Waals surface area contributed by atoms with Gasteiger partial charge in [-0.3, -0.25) is 9.59 Å². The predicted molar refractivity (Wildman–Crippen MR) is 165 cm³/mol. The molecule has 0 fully saturated rings. The second-order valence-corrected chi connectivity index (χ2v) is 10.9. The summed E-state index contributed by atoms with van der Waals surface area (Å²) in [6.07, 6.45) is -0.0553. The van der Waals surface area contributed by atoms with Crippen molar-refractivity contribution < 1.29 is 19.8 Å². The molecule has 4 aromatic rings. The summed E-state index contributed by atoms with van der Waals surface area (Å²) in [5, 5.41) is 25.0. The van der Waals surface area contributed by atoms with E-state index in [9.17, 15) is 19.8 Å². The SMILES string of the molecule is CN(Cc1ccccc1)C(=O)CC[C@@](O)(c1ccccc1)[C@@](O)(CCC(=O)N(C)Cc1ccccc1)c1ccccc1. The minimum atomic E-state index is -1.85. The number of benzene rings is 4. The van der Waals surface area contributed by atoms with Crippen molar-refractivity contribution in [3.05, 3.63) is 144 Å². The number of hydrogen-bond acceptors (Lipinski definition) is 4. The molecular formula is C36H40N2O4. The highest BCUT2D eigenvalue weighted by atomic mass is 16.4. The van der Waals surface area contributed by atoms with Crippen molar-refractivity contribution in [2.24, 2.45) is 0 Å². The van der Waals surface area contributed by atoms with Gasteiger partial charge in [-0.05, 0) is 35.1 Å². The van der Waals surface area contributed by atoms with Gasteiger partial charge in [0.05, 0.1) is 0 Å². The van der Waals surface area contributed by atoms with E-state index in [1.54, 1.807) is 72.4 Å². The lowest BCUT2D eigenvalue weighted by molar-refractivity contribution is -0.179. The average molecular weight is 565 g/mol. The minimum absolute atomic E-state index is 0.00568. The summed E-state index contributed by atoms with van der Waals surface area (Å²) in [6.45, 7) is 0.878. The molecule has 4 rings (SSSR count). The van der Waals surface area contributed by atoms with Crippen LogP contribution in [-0.4, -0.2) is 45.9 Å². The topological polar surface area (TPSA) is 81.1 Å². The second kappa shape index (κ2) is 14.1. The molecule has 0 unspecified atom stereocenters. The Labute approximate surface area is 248 Å². The zero-order chi connectivity index (χ0) is 30.0. The van der Waals surface area contributed by atoms with Crippen LogP contribution in [-0.2, 0) is 33.9 Å². The standard InChI is InChI=1S/C36H40N2O4/c1-37(27-29-15-7-3-8-16-29)33(39)23-25-35(41,31-19-11-5-12-20-31)36(42,32-21-13-6-14-22-32)26-24-34(40)38(2)28-30-17-9-4-10-18-30/h3-22,41-42H,23-28H2,1-2H3/t35-,36-/m1/s1. The fraction of sp³-hybridized carbons (Fsp3) is 0.278. The molecule has 0 radical (unpaired) electrons. The molecule has 0 heterocycles. The number of aliphatic hydroxyl groups is 2. The number of carbonyl (C=O) groups is 2. The molecular weight excluding hydrogens is 524 g/mol. The number of carbonyl (C=O) groups excluding carboxylic acids is 2. The van der Waals surface area contributed by atoms with Gasteiger partial charge in [-0.1, -0.05) is 121 Å². The normalized spacial score (nSPS) is 13.9. The first-order valence-corrected chi connectivity index (χ1v) is 14.3. The van der Waals surface area contributed by atoms with Crippen LogP contribution in [0.25, 0.3) is 0 Å². The van der Waals surface area contributed by atoms with E-state index in [2.05, 4.69) is 0 Å². The molecule has 0 aliphatic rings. The zero-order valence-corrected chi connectivity index (χ0v) is 24.4. The van der Waals surface area contributed by atoms with Gasteiger partial charge in [-0.25, -0.2) is 0 Å². The van der Waals surface area contributed by atoms with Crippen molar-refractivity contribution in [1.82, 2.24) is 9.80 Å². The third-order valence-corrected chi connectivity index (χ3v) is 7.96. The van der Waals surface area contributed by atoms with E-state index < -0.39 is 11.2 Å². The first-order valence-electron chi connectivity index (χ1n) is 14.3. The molecule has 0 saturated heterocycles. The predicted octanol–water partition coefficient (Wildman–Crippen LogP) is 5.64. The van der Waals surface area contributed by atoms with Crippen molar-refractivity contribution in [1.29, 1.82) is 0 Å². The maximum atomic E-state index is 13.3. The Balaban J connectivity index is 1.60. The summed E-state index contributed by atoms with van der Waals surface area (Å²) in [7, 11) is 3.48. The minimum Gasteiger partial charge on any atom is -0.382 e. The van der Waals surface area contributed by atoms with Gasteiger partial charge < -0.3 is 20.0 Å². The monoisotopic (exact) mass is 564 g/mol. The molecule has 4 aromatic carbocycles. The van der Waals surface area contributed by atoms with Crippen LogP contribution in [0.15, 0.2) is 121 Å². The third-order valence-electron chi connectivity index (χ3n) is 7.96. The Morgan fingerprint density at radius 2 is 0.810 bits per heavy atom. The number of hydrogen-bond donors (Lipinski definition) is 2. The van der Waals surface area contributed by atoms with Crippen LogP contribution in [0.4, 0.5) is 0 Å². The van der Waals surface area contributed by atoms with Crippen LogP contribution in [0.1, 0.15) is 47.9 Å². The maximum Gasteiger partial charge on any atom is 0.222 e. The van der Waals surface area contributed by atoms with E-state index in [0.717, 1.165) is 11.1 Å². The van der Waals surface area contributed by atoms with Crippen LogP contribution in [0.3, 0.4) is 0 Å². The Kier molecular flexibility index (Phi) is 10.3. The van der Waals surface area contributed by atoms with E-state index in [-0.39, 0.29) is 37.5 Å². The summed E-state index contributed by atoms with van der Waals surface area (Å²) in [5.74, 6) is -0.301. The van der Waals surface area contributed by atoms with E-state index in [4.69, 9.17) is 0 Å². The molecule has 2 N–H and O–H groups in total. The molecule has 0 bridgehead atoms. The van der Waals surface area contributed by atoms with Gasteiger partial charge in [0.2, 0.25) is 11.8 Å². The molecule has 42 heavy (non-hydrogen) atoms. The van der Waals surface area contributed by atoms with Crippen LogP contribution in [0.2, 0.25) is 0 Å². The van der Waals surface area contributed by atoms with Crippen LogP contribution in [0, 0.1) is 0 Å². The fourth-order valence-electron chi connectivity index (χ4n) is 5.46. The molecule has 0 saturated carbocycles. The van der Waals surface area contributed by atoms with Crippen molar-refractivity contribution in [2.45, 2.75) is 50.0 Å². The summed E-state index contributed by atoms with van der Waals surface area (Å²) in [4.78, 5) is 29.8. The smallest absolute Gasteiger partial charge is 0.222 e. The molecule has 6 heteroatoms. The first kappa shape index (κ1) is 30.7. The quantitative estimate of drug-likeness (QED) is 0.220. The lowest BCUT2D eigenvalue weighted by Crippen LogP contribution is -2.50. The number of amides is 2. The lowest BCUT2D eigenvalue weighted by Gasteiger charge is -2.45. The Morgan fingerprint density at radius 3 is 1.12 bits per heavy atom. The highest BCUT2D eigenvalue weighted by Crippen LogP contribution is 2.47. The summed E-state index contributed by atoms with van der Waals surface area (Å²) in [5.41, 5.74) is -0.718. The molecule has 2 amide bonds. The average Bonchev–Trinajstić information content (AvgIpc) is 3.03. The van der Waals surface area contributed by atoms with Crippen LogP contribution < -0.4 is 0 Å². The Morgan fingerprint density at radius 1 is 0.524 bits per heavy atom. The molecule has 6 nitrogen and oxygen atoms in total. The van der Waals surface area contributed by atoms with Gasteiger partial charge in [0, 0.05) is 40.0 Å². The van der Waals surface area contributed by atoms with Gasteiger partial charge in [0.25, 0.3) is 0 Å². The molecule has 0 aliphatic carbocycles. The fourth-order valence-corrected chi connectivity index (χ4v) is 5.46. The highest BCUT2D eigenvalue weighted by Gasteiger charge is 2.51. The van der Waals surface area contributed by atoms with Crippen molar-refractivity contribution in [3.63, 3.8) is 0 Å². The summed E-state index contributed by atoms with van der Waals surface area (Å²) >= 11 is 0. The zero-order valence-electron chi connectivity index (χ0n) is 24.4. The molecule has 0 spiro atoms. The first-order chi connectivity index (χ1) is 20.2. The Bertz CT molecular complexity index is 1310. The largest absolute Gasteiger partial charge is 0.382 e. The van der Waals surface area contributed by atoms with Gasteiger partial charge in [-0.2, -0.15) is 0 Å². The lowest BCUT2D eigenvalue weighted by atomic mass is 9.68. The van der Waals surface area contributed by atoms with E-state index in [1.807, 2.05) is 72.8 Å². The Hall–Kier alpha value is -4.26. The van der Waals surface area contributed by atoms with E-state index in [1.165, 1.54) is 0 Å². The molecule has 0 aromatic heterocycles. The summed E-state index contributed by atoms with van der Waals surface area (Å²) in [6, 6.07) is 37.3. The number of nitrogens with zero attached hydrogens (tertiary/aromatic N) is 2. The van der Waals surface area contributed by atoms with Crippen LogP contribution in [0.5, 0.6) is 0 Å². The third kappa shape index (κ3) is 7.32. The maximum absolute atomic E-state index is 13.3. The van der Waals surface area contributed by atoms with Gasteiger partial charge in [0.15, 0.2) is 0 Å². The molecule has 2 atom stereocenters. The van der Waals surface area contributed by atoms with E-state index >= 15 is 0 Å². The number of rotatable bonds is 13. The van der Waals surface area contributed by atoms with E-state index in [0.29, 0.717) is 24.2 Å². The van der Waals surface area contributed by atoms with Crippen LogP contribution >= 0.6 is 0 Å². The molecule has 218 valence electrons. The van der Waals surface area contributed by atoms with Crippen molar-refractivity contribution in [3.8, 4) is 0 Å². The second-order valence-electron chi connectivity index (χ2n) is 10.9. The van der Waals surface area contributed by atoms with Gasteiger partial charge >= 0.3 is 0 Å². The van der Waals surface area contributed by atoms with Crippen molar-refractivity contribution >= 4 is 11.8 Å². The molecule has 0 aliphatic heterocycles. The van der Waals surface area contributed by atoms with Gasteiger partial charge in [0.1, 0.15) is 11.2 Å².